The molecule has 0 aliphatic carbocycles. The Morgan fingerprint density at radius 3 is 3.06 bits per heavy atom. The van der Waals surface area contributed by atoms with Gasteiger partial charge in [-0.1, -0.05) is 13.8 Å². The summed E-state index contributed by atoms with van der Waals surface area (Å²) in [6, 6.07) is 0. The molecule has 4 nitrogen and oxygen atoms in total. The van der Waals surface area contributed by atoms with E-state index in [0.717, 1.165) is 35.3 Å². The monoisotopic (exact) mass is 294 g/mol. The van der Waals surface area contributed by atoms with E-state index in [1.165, 1.54) is 11.3 Å². The molecule has 0 saturated heterocycles. The quantitative estimate of drug-likeness (QED) is 0.877. The third-order valence-electron chi connectivity index (χ3n) is 3.20. The lowest BCUT2D eigenvalue weighted by Crippen LogP contribution is -2.26. The molecule has 0 aromatic carbocycles. The summed E-state index contributed by atoms with van der Waals surface area (Å²) in [4.78, 5) is 4.51. The van der Waals surface area contributed by atoms with Gasteiger partial charge in [0, 0.05) is 31.3 Å². The maximum Gasteiger partial charge on any atom is 0.169 e. The van der Waals surface area contributed by atoms with Gasteiger partial charge in [0.1, 0.15) is 0 Å². The van der Waals surface area contributed by atoms with Crippen LogP contribution in [0.1, 0.15) is 36.7 Å². The summed E-state index contributed by atoms with van der Waals surface area (Å²) >= 11 is 3.62. The molecule has 3 rings (SSSR count). The molecular formula is C12H15BrN4. The molecule has 17 heavy (non-hydrogen) atoms. The Bertz CT molecular complexity index is 573. The van der Waals surface area contributed by atoms with Crippen molar-refractivity contribution in [2.45, 2.75) is 32.7 Å². The fourth-order valence-electron chi connectivity index (χ4n) is 2.27. The lowest BCUT2D eigenvalue weighted by Gasteiger charge is -2.16. The molecule has 0 unspecified atom stereocenters. The van der Waals surface area contributed by atoms with Gasteiger partial charge < -0.3 is 5.32 Å². The molecule has 90 valence electrons. The van der Waals surface area contributed by atoms with Crippen LogP contribution in [0.25, 0.3) is 5.65 Å². The van der Waals surface area contributed by atoms with Gasteiger partial charge in [-0.25, -0.2) is 9.50 Å². The van der Waals surface area contributed by atoms with Gasteiger partial charge in [0.2, 0.25) is 0 Å². The molecule has 1 aliphatic heterocycles. The second kappa shape index (κ2) is 4.07. The summed E-state index contributed by atoms with van der Waals surface area (Å²) in [5.41, 5.74) is 4.58. The number of hydrogen-bond acceptors (Lipinski definition) is 3. The average Bonchev–Trinajstić information content (AvgIpc) is 2.67. The van der Waals surface area contributed by atoms with Gasteiger partial charge in [0.25, 0.3) is 0 Å². The molecule has 0 bridgehead atoms. The molecule has 5 heteroatoms. The van der Waals surface area contributed by atoms with Crippen LogP contribution in [-0.2, 0) is 13.0 Å². The van der Waals surface area contributed by atoms with E-state index in [2.05, 4.69) is 40.1 Å². The molecule has 0 amide bonds. The Balaban J connectivity index is 2.29. The first-order valence-electron chi connectivity index (χ1n) is 5.94. The molecule has 0 saturated carbocycles. The van der Waals surface area contributed by atoms with Crippen LogP contribution < -0.4 is 5.32 Å². The fourth-order valence-corrected chi connectivity index (χ4v) is 3.08. The number of nitrogens with one attached hydrogen (secondary N) is 1. The molecule has 3 heterocycles. The highest BCUT2D eigenvalue weighted by Gasteiger charge is 2.19. The summed E-state index contributed by atoms with van der Waals surface area (Å²) < 4.78 is 3.05. The second-order valence-electron chi connectivity index (χ2n) is 4.75. The van der Waals surface area contributed by atoms with Crippen molar-refractivity contribution in [2.24, 2.45) is 0 Å². The van der Waals surface area contributed by atoms with Crippen molar-refractivity contribution in [1.29, 1.82) is 0 Å². The van der Waals surface area contributed by atoms with Crippen molar-refractivity contribution < 1.29 is 0 Å². The van der Waals surface area contributed by atoms with Crippen molar-refractivity contribution in [2.75, 3.05) is 6.54 Å². The van der Waals surface area contributed by atoms with Gasteiger partial charge in [-0.05, 0) is 21.8 Å². The molecule has 0 radical (unpaired) electrons. The minimum Gasteiger partial charge on any atom is -0.312 e. The molecule has 0 spiro atoms. The zero-order chi connectivity index (χ0) is 12.0. The highest BCUT2D eigenvalue weighted by atomic mass is 79.9. The Hall–Kier alpha value is -0.940. The van der Waals surface area contributed by atoms with Crippen LogP contribution in [0, 0.1) is 0 Å². The number of aromatic nitrogens is 3. The third-order valence-corrected chi connectivity index (χ3v) is 3.96. The molecule has 1 aliphatic rings. The third kappa shape index (κ3) is 1.68. The van der Waals surface area contributed by atoms with E-state index in [1.807, 2.05) is 10.7 Å². The first kappa shape index (κ1) is 11.2. The van der Waals surface area contributed by atoms with Gasteiger partial charge in [-0.2, -0.15) is 5.10 Å². The molecule has 2 aromatic rings. The van der Waals surface area contributed by atoms with Gasteiger partial charge in [0.15, 0.2) is 5.65 Å². The summed E-state index contributed by atoms with van der Waals surface area (Å²) in [6.45, 7) is 6.22. The lowest BCUT2D eigenvalue weighted by atomic mass is 10.1. The Kier molecular flexibility index (Phi) is 2.67. The van der Waals surface area contributed by atoms with Gasteiger partial charge in [-0.15, -0.1) is 0 Å². The van der Waals surface area contributed by atoms with Gasteiger partial charge in [0.05, 0.1) is 15.9 Å². The SMILES string of the molecule is CC(C)c1nn2c3c(cnc2c1Br)CNCC3. The normalized spacial score (nSPS) is 15.5. The van der Waals surface area contributed by atoms with Crippen molar-refractivity contribution >= 4 is 21.6 Å². The fraction of sp³-hybridized carbons (Fsp3) is 0.500. The molecule has 2 aromatic heterocycles. The van der Waals surface area contributed by atoms with Crippen LogP contribution in [0.5, 0.6) is 0 Å². The maximum atomic E-state index is 4.70. The zero-order valence-corrected chi connectivity index (χ0v) is 11.6. The van der Waals surface area contributed by atoms with Crippen LogP contribution in [0.4, 0.5) is 0 Å². The van der Waals surface area contributed by atoms with E-state index in [4.69, 9.17) is 5.10 Å². The largest absolute Gasteiger partial charge is 0.312 e. The minimum atomic E-state index is 0.406. The van der Waals surface area contributed by atoms with Crippen LogP contribution in [0.2, 0.25) is 0 Å². The van der Waals surface area contributed by atoms with E-state index in [9.17, 15) is 0 Å². The van der Waals surface area contributed by atoms with Crippen molar-refractivity contribution in [3.63, 3.8) is 0 Å². The first-order chi connectivity index (χ1) is 8.18. The zero-order valence-electron chi connectivity index (χ0n) is 10.00. The van der Waals surface area contributed by atoms with Gasteiger partial charge >= 0.3 is 0 Å². The van der Waals surface area contributed by atoms with E-state index in [0.29, 0.717) is 5.92 Å². The summed E-state index contributed by atoms with van der Waals surface area (Å²) in [5, 5.41) is 8.06. The molecule has 0 atom stereocenters. The van der Waals surface area contributed by atoms with E-state index in [1.54, 1.807) is 0 Å². The topological polar surface area (TPSA) is 42.2 Å². The number of nitrogens with zero attached hydrogens (tertiary/aromatic N) is 3. The van der Waals surface area contributed by atoms with Crippen molar-refractivity contribution in [3.8, 4) is 0 Å². The highest BCUT2D eigenvalue weighted by molar-refractivity contribution is 9.10. The minimum absolute atomic E-state index is 0.406. The standard InChI is InChI=1S/C12H15BrN4/c1-7(2)11-10(13)12-15-6-8-5-14-4-3-9(8)17(12)16-11/h6-7,14H,3-5H2,1-2H3. The summed E-state index contributed by atoms with van der Waals surface area (Å²) in [5.74, 6) is 0.406. The summed E-state index contributed by atoms with van der Waals surface area (Å²) in [6.07, 6.45) is 2.98. The predicted octanol–water partition coefficient (Wildman–Crippen LogP) is 2.26. The van der Waals surface area contributed by atoms with Gasteiger partial charge in [-0.3, -0.25) is 0 Å². The Morgan fingerprint density at radius 1 is 1.47 bits per heavy atom. The number of rotatable bonds is 1. The second-order valence-corrected chi connectivity index (χ2v) is 5.54. The average molecular weight is 295 g/mol. The van der Waals surface area contributed by atoms with Crippen LogP contribution in [-0.4, -0.2) is 21.1 Å². The number of halogens is 1. The van der Waals surface area contributed by atoms with Crippen molar-refractivity contribution in [3.05, 3.63) is 27.6 Å². The van der Waals surface area contributed by atoms with E-state index in [-0.39, 0.29) is 0 Å². The van der Waals surface area contributed by atoms with E-state index >= 15 is 0 Å². The first-order valence-corrected chi connectivity index (χ1v) is 6.73. The highest BCUT2D eigenvalue weighted by Crippen LogP contribution is 2.28. The Morgan fingerprint density at radius 2 is 2.29 bits per heavy atom. The molecule has 0 fully saturated rings. The Labute approximate surface area is 109 Å². The van der Waals surface area contributed by atoms with Crippen LogP contribution in [0.3, 0.4) is 0 Å². The van der Waals surface area contributed by atoms with E-state index < -0.39 is 0 Å². The molecular weight excluding hydrogens is 280 g/mol. The van der Waals surface area contributed by atoms with Crippen molar-refractivity contribution in [1.82, 2.24) is 19.9 Å². The predicted molar refractivity (Wildman–Crippen MR) is 70.2 cm³/mol. The maximum absolute atomic E-state index is 4.70. The number of fused-ring (bicyclic) bond motifs is 3. The lowest BCUT2D eigenvalue weighted by molar-refractivity contribution is 0.607. The smallest absolute Gasteiger partial charge is 0.169 e. The van der Waals surface area contributed by atoms with Crippen LogP contribution >= 0.6 is 15.9 Å². The molecule has 1 N–H and O–H groups in total. The summed E-state index contributed by atoms with van der Waals surface area (Å²) in [7, 11) is 0. The number of hydrogen-bond donors (Lipinski definition) is 1. The van der Waals surface area contributed by atoms with Crippen LogP contribution in [0.15, 0.2) is 10.7 Å².